The molecule has 0 unspecified atom stereocenters. The summed E-state index contributed by atoms with van der Waals surface area (Å²) in [6.07, 6.45) is 1.82. The number of hydrogen-bond acceptors (Lipinski definition) is 3. The van der Waals surface area contributed by atoms with E-state index in [4.69, 9.17) is 9.97 Å². The maximum atomic E-state index is 14.3. The van der Waals surface area contributed by atoms with Crippen LogP contribution in [0.5, 0.6) is 5.75 Å². The second-order valence-electron chi connectivity index (χ2n) is 16.5. The number of aromatic nitrogens is 3. The van der Waals surface area contributed by atoms with E-state index in [1.165, 1.54) is 17.2 Å². The first-order valence-corrected chi connectivity index (χ1v) is 17.2. The Morgan fingerprint density at radius 2 is 1.35 bits per heavy atom. The molecule has 2 heterocycles. The van der Waals surface area contributed by atoms with Crippen molar-refractivity contribution in [3.8, 4) is 45.2 Å². The average molecular weight is 860 g/mol. The smallest absolute Gasteiger partial charge is 0.148 e. The van der Waals surface area contributed by atoms with Gasteiger partial charge < -0.3 is 5.11 Å². The zero-order valence-corrected chi connectivity index (χ0v) is 33.5. The number of hydrogen-bond donors (Lipinski definition) is 1. The molecule has 0 aliphatic rings. The first-order valence-electron chi connectivity index (χ1n) is 17.2. The van der Waals surface area contributed by atoms with Gasteiger partial charge in [-0.25, -0.2) is 9.37 Å². The molecule has 0 radical (unpaired) electrons. The number of benzene rings is 4. The average Bonchev–Trinajstić information content (AvgIpc) is 3.42. The number of allylic oxidation sites excluding steroid dienone is 1. The molecule has 51 heavy (non-hydrogen) atoms. The summed E-state index contributed by atoms with van der Waals surface area (Å²) in [7, 11) is 0. The number of aromatic hydroxyl groups is 1. The van der Waals surface area contributed by atoms with Crippen LogP contribution >= 0.6 is 0 Å². The second kappa shape index (κ2) is 13.7. The van der Waals surface area contributed by atoms with Crippen LogP contribution in [-0.4, -0.2) is 19.6 Å². The van der Waals surface area contributed by atoms with Crippen LogP contribution < -0.4 is 0 Å². The minimum Gasteiger partial charge on any atom is -0.507 e. The van der Waals surface area contributed by atoms with Crippen LogP contribution in [0.1, 0.15) is 91.5 Å². The van der Waals surface area contributed by atoms with Gasteiger partial charge in [0.05, 0.1) is 16.6 Å². The van der Waals surface area contributed by atoms with Gasteiger partial charge in [-0.3, -0.25) is 9.55 Å². The summed E-state index contributed by atoms with van der Waals surface area (Å²) in [5.74, 6) is -0.151. The van der Waals surface area contributed by atoms with Crippen LogP contribution in [0.3, 0.4) is 0 Å². The van der Waals surface area contributed by atoms with E-state index < -0.39 is 5.82 Å². The molecular weight excluding hydrogens is 813 g/mol. The molecule has 0 amide bonds. The minimum atomic E-state index is -0.509. The Morgan fingerprint density at radius 1 is 0.745 bits per heavy atom. The molecule has 6 rings (SSSR count). The summed E-state index contributed by atoms with van der Waals surface area (Å²) in [5.41, 5.74) is 11.6. The molecule has 0 saturated heterocycles. The predicted octanol–water partition coefficient (Wildman–Crippen LogP) is 12.0. The van der Waals surface area contributed by atoms with E-state index in [9.17, 15) is 9.50 Å². The normalized spacial score (nSPS) is 12.2. The van der Waals surface area contributed by atoms with Gasteiger partial charge >= 0.3 is 0 Å². The molecule has 2 aromatic heterocycles. The molecule has 4 aromatic carbocycles. The third kappa shape index (κ3) is 7.65. The first kappa shape index (κ1) is 37.9. The van der Waals surface area contributed by atoms with Gasteiger partial charge in [0.2, 0.25) is 0 Å². The molecule has 266 valence electrons. The monoisotopic (exact) mass is 859 g/mol. The fraction of sp³-hybridized carbons (Fsp3) is 0.289. The molecule has 0 spiro atoms. The summed E-state index contributed by atoms with van der Waals surface area (Å²) in [6, 6.07) is 29.1. The van der Waals surface area contributed by atoms with Gasteiger partial charge in [0.15, 0.2) is 0 Å². The van der Waals surface area contributed by atoms with Gasteiger partial charge in [-0.2, -0.15) is 0 Å². The molecule has 1 N–H and O–H groups in total. The van der Waals surface area contributed by atoms with Crippen molar-refractivity contribution in [3.05, 3.63) is 126 Å². The van der Waals surface area contributed by atoms with E-state index in [0.717, 1.165) is 61.9 Å². The van der Waals surface area contributed by atoms with Gasteiger partial charge in [0, 0.05) is 44.7 Å². The number of imidazole rings is 1. The molecule has 0 saturated carbocycles. The number of phenols is 1. The van der Waals surface area contributed by atoms with Crippen molar-refractivity contribution in [1.82, 2.24) is 14.5 Å². The van der Waals surface area contributed by atoms with Gasteiger partial charge in [0.1, 0.15) is 17.4 Å². The Kier molecular flexibility index (Phi) is 10.1. The molecule has 0 aliphatic carbocycles. The zero-order chi connectivity index (χ0) is 36.3. The Labute approximate surface area is 316 Å². The van der Waals surface area contributed by atoms with Crippen molar-refractivity contribution >= 4 is 16.6 Å². The molecule has 0 bridgehead atoms. The van der Waals surface area contributed by atoms with Gasteiger partial charge in [-0.1, -0.05) is 110 Å². The van der Waals surface area contributed by atoms with Gasteiger partial charge in [0.25, 0.3) is 0 Å². The second-order valence-corrected chi connectivity index (χ2v) is 16.5. The van der Waals surface area contributed by atoms with E-state index in [2.05, 4.69) is 128 Å². The van der Waals surface area contributed by atoms with Crippen LogP contribution in [-0.2, 0) is 37.3 Å². The summed E-state index contributed by atoms with van der Waals surface area (Å²) in [6.45, 7) is 26.0. The molecule has 0 fully saturated rings. The minimum absolute atomic E-state index is 0. The van der Waals surface area contributed by atoms with Crippen molar-refractivity contribution in [3.63, 3.8) is 0 Å². The number of halogens is 1. The standard InChI is InChI=1S/C45H47FN3O.Pt/c1-27(2)28-17-18-47-38(22-28)30-19-29(20-31(21-30)43(3,4)5)36-13-12-14-39-41(36)48-42(37-16-15-34(46)26-40(37)50)49(39)35-24-32(44(6,7)8)23-33(25-35)45(9,10)11;/h12-18,20-26,50H,1H2,2-11H3;/q-1;. The van der Waals surface area contributed by atoms with Crippen LogP contribution in [0.2, 0.25) is 0 Å². The van der Waals surface area contributed by atoms with Crippen LogP contribution in [0, 0.1) is 11.9 Å². The van der Waals surface area contributed by atoms with Crippen LogP contribution in [0.15, 0.2) is 91.6 Å². The zero-order valence-electron chi connectivity index (χ0n) is 31.3. The number of fused-ring (bicyclic) bond motifs is 1. The maximum Gasteiger partial charge on any atom is 0.148 e. The van der Waals surface area contributed by atoms with Gasteiger partial charge in [-0.05, 0) is 76.3 Å². The van der Waals surface area contributed by atoms with Crippen molar-refractivity contribution in [2.24, 2.45) is 0 Å². The molecular formula is C45H47FN3OPt-. The van der Waals surface area contributed by atoms with E-state index in [-0.39, 0.29) is 43.1 Å². The van der Waals surface area contributed by atoms with Crippen LogP contribution in [0.4, 0.5) is 4.39 Å². The number of nitrogens with zero attached hydrogens (tertiary/aromatic N) is 3. The Hall–Kier alpha value is -4.34. The maximum absolute atomic E-state index is 14.3. The summed E-state index contributed by atoms with van der Waals surface area (Å²) in [5, 5.41) is 11.1. The molecule has 6 aromatic rings. The number of rotatable bonds is 5. The number of phenolic OH excluding ortho intramolecular Hbond substituents is 1. The quantitative estimate of drug-likeness (QED) is 0.176. The van der Waals surface area contributed by atoms with E-state index in [1.807, 2.05) is 25.3 Å². The molecule has 0 atom stereocenters. The number of para-hydroxylation sites is 1. The van der Waals surface area contributed by atoms with E-state index in [1.54, 1.807) is 6.07 Å². The Balaban J connectivity index is 0.00000504. The Morgan fingerprint density at radius 3 is 1.94 bits per heavy atom. The van der Waals surface area contributed by atoms with Crippen molar-refractivity contribution in [2.45, 2.75) is 85.5 Å². The largest absolute Gasteiger partial charge is 0.507 e. The van der Waals surface area contributed by atoms with E-state index >= 15 is 0 Å². The van der Waals surface area contributed by atoms with Crippen LogP contribution in [0.25, 0.3) is 56.1 Å². The third-order valence-electron chi connectivity index (χ3n) is 9.35. The SMILES string of the molecule is C=C(C)c1ccnc(-c2[c-]c(-c3cccc4c3nc(-c3ccc(F)cc3O)n4-c3cc(C(C)(C)C)cc(C(C)(C)C)c3)cc(C(C)(C)C)c2)c1.[Pt]. The van der Waals surface area contributed by atoms with Gasteiger partial charge in [-0.15, -0.1) is 29.3 Å². The Bertz CT molecular complexity index is 2250. The first-order chi connectivity index (χ1) is 23.3. The fourth-order valence-corrected chi connectivity index (χ4v) is 6.19. The van der Waals surface area contributed by atoms with Crippen molar-refractivity contribution in [1.29, 1.82) is 0 Å². The van der Waals surface area contributed by atoms with Crippen molar-refractivity contribution in [2.75, 3.05) is 0 Å². The number of pyridine rings is 1. The fourth-order valence-electron chi connectivity index (χ4n) is 6.19. The molecule has 0 aliphatic heterocycles. The summed E-state index contributed by atoms with van der Waals surface area (Å²) < 4.78 is 16.4. The van der Waals surface area contributed by atoms with Crippen molar-refractivity contribution < 1.29 is 30.6 Å². The van der Waals surface area contributed by atoms with E-state index in [0.29, 0.717) is 11.4 Å². The summed E-state index contributed by atoms with van der Waals surface area (Å²) >= 11 is 0. The summed E-state index contributed by atoms with van der Waals surface area (Å²) in [4.78, 5) is 10.0. The molecule has 4 nitrogen and oxygen atoms in total. The topological polar surface area (TPSA) is 50.9 Å². The third-order valence-corrected chi connectivity index (χ3v) is 9.35. The predicted molar refractivity (Wildman–Crippen MR) is 206 cm³/mol. The molecule has 6 heteroatoms.